The summed E-state index contributed by atoms with van der Waals surface area (Å²) < 4.78 is 12.4. The van der Waals surface area contributed by atoms with Gasteiger partial charge in [0.05, 0.1) is 38.5 Å². The van der Waals surface area contributed by atoms with Crippen LogP contribution < -0.4 is 10.3 Å². The Kier molecular flexibility index (Phi) is 6.56. The molecule has 2 aliphatic heterocycles. The Morgan fingerprint density at radius 3 is 2.74 bits per heavy atom. The predicted octanol–water partition coefficient (Wildman–Crippen LogP) is 3.82. The second kappa shape index (κ2) is 9.76. The van der Waals surface area contributed by atoms with Crippen LogP contribution in [-0.2, 0) is 24.4 Å². The number of para-hydroxylation sites is 1. The van der Waals surface area contributed by atoms with Gasteiger partial charge >= 0.3 is 6.09 Å². The number of carbonyl (C=O) groups excluding carboxylic acids is 1. The lowest BCUT2D eigenvalue weighted by Gasteiger charge is -2.32. The molecular weight excluding hydrogens is 452 g/mol. The molecule has 0 unspecified atom stereocenters. The van der Waals surface area contributed by atoms with Gasteiger partial charge in [-0.25, -0.2) is 9.78 Å². The van der Waals surface area contributed by atoms with Crippen LogP contribution in [0.3, 0.4) is 0 Å². The highest BCUT2D eigenvalue weighted by atomic mass is 32.1. The van der Waals surface area contributed by atoms with Gasteiger partial charge in [-0.05, 0) is 50.4 Å². The van der Waals surface area contributed by atoms with E-state index in [-0.39, 0.29) is 11.7 Å². The maximum absolute atomic E-state index is 13.3. The highest BCUT2D eigenvalue weighted by Crippen LogP contribution is 2.35. The zero-order valence-corrected chi connectivity index (χ0v) is 20.5. The Hall–Kier alpha value is -2.91. The number of piperidine rings is 1. The van der Waals surface area contributed by atoms with Crippen molar-refractivity contribution in [2.24, 2.45) is 0 Å². The highest BCUT2D eigenvalue weighted by molar-refractivity contribution is 7.18. The van der Waals surface area contributed by atoms with Crippen LogP contribution in [0.5, 0.6) is 5.75 Å². The number of amides is 1. The Morgan fingerprint density at radius 2 is 1.97 bits per heavy atom. The fourth-order valence-electron chi connectivity index (χ4n) is 5.07. The van der Waals surface area contributed by atoms with E-state index in [2.05, 4.69) is 22.0 Å². The van der Waals surface area contributed by atoms with Gasteiger partial charge in [0.15, 0.2) is 0 Å². The van der Waals surface area contributed by atoms with E-state index in [9.17, 15) is 9.59 Å². The van der Waals surface area contributed by atoms with Crippen LogP contribution in [0.2, 0.25) is 0 Å². The first-order valence-electron chi connectivity index (χ1n) is 11.9. The average Bonchev–Trinajstić information content (AvgIpc) is 3.42. The Bertz CT molecular complexity index is 1250. The standard InChI is InChI=1S/C25H30N4O4S/c1-3-33-25(31)29-14-19-21(15-29)34-23-22(19)24(30)28(16-26-23)13-12-27-10-8-17(9-11-27)18-6-4-5-7-20(18)32-2/h4-7,16-17H,3,8-15H2,1-2H3. The van der Waals surface area contributed by atoms with Gasteiger partial charge in [0.2, 0.25) is 0 Å². The van der Waals surface area contributed by atoms with Crippen molar-refractivity contribution in [3.05, 3.63) is 57.0 Å². The van der Waals surface area contributed by atoms with E-state index in [1.807, 2.05) is 12.1 Å². The molecule has 1 saturated heterocycles. The molecule has 180 valence electrons. The molecule has 1 amide bonds. The number of hydrogen-bond donors (Lipinski definition) is 0. The molecule has 0 spiro atoms. The van der Waals surface area contributed by atoms with E-state index in [0.29, 0.717) is 37.5 Å². The minimum atomic E-state index is -0.334. The third kappa shape index (κ3) is 4.30. The number of thiophene rings is 1. The zero-order valence-electron chi connectivity index (χ0n) is 19.7. The maximum Gasteiger partial charge on any atom is 0.410 e. The summed E-state index contributed by atoms with van der Waals surface area (Å²) in [5.74, 6) is 1.47. The van der Waals surface area contributed by atoms with Crippen molar-refractivity contribution in [1.82, 2.24) is 19.4 Å². The van der Waals surface area contributed by atoms with E-state index < -0.39 is 0 Å². The lowest BCUT2D eigenvalue weighted by Crippen LogP contribution is -2.37. The van der Waals surface area contributed by atoms with Gasteiger partial charge < -0.3 is 14.4 Å². The summed E-state index contributed by atoms with van der Waals surface area (Å²) in [7, 11) is 1.73. The maximum atomic E-state index is 13.3. The molecular formula is C25H30N4O4S. The predicted molar refractivity (Wildman–Crippen MR) is 132 cm³/mol. The van der Waals surface area contributed by atoms with Crippen molar-refractivity contribution in [3.63, 3.8) is 0 Å². The van der Waals surface area contributed by atoms with Crippen LogP contribution >= 0.6 is 11.3 Å². The van der Waals surface area contributed by atoms with Crippen LogP contribution in [0.4, 0.5) is 4.79 Å². The molecule has 5 rings (SSSR count). The molecule has 0 aliphatic carbocycles. The first-order valence-corrected chi connectivity index (χ1v) is 12.7. The number of benzene rings is 1. The van der Waals surface area contributed by atoms with Gasteiger partial charge in [-0.15, -0.1) is 11.3 Å². The zero-order chi connectivity index (χ0) is 23.7. The molecule has 0 atom stereocenters. The number of aromatic nitrogens is 2. The number of nitrogens with zero attached hydrogens (tertiary/aromatic N) is 4. The van der Waals surface area contributed by atoms with Gasteiger partial charge in [0, 0.05) is 23.5 Å². The van der Waals surface area contributed by atoms with E-state index in [4.69, 9.17) is 9.47 Å². The van der Waals surface area contributed by atoms with Gasteiger partial charge in [0.1, 0.15) is 10.6 Å². The third-order valence-electron chi connectivity index (χ3n) is 6.89. The van der Waals surface area contributed by atoms with Crippen LogP contribution in [0.25, 0.3) is 10.2 Å². The number of methoxy groups -OCH3 is 1. The molecule has 0 bridgehead atoms. The van der Waals surface area contributed by atoms with Crippen LogP contribution in [-0.4, -0.2) is 58.8 Å². The summed E-state index contributed by atoms with van der Waals surface area (Å²) in [6, 6.07) is 8.29. The van der Waals surface area contributed by atoms with Crippen molar-refractivity contribution < 1.29 is 14.3 Å². The molecule has 3 aromatic rings. The lowest BCUT2D eigenvalue weighted by molar-refractivity contribution is 0.107. The largest absolute Gasteiger partial charge is 0.496 e. The number of hydrogen-bond acceptors (Lipinski definition) is 7. The molecule has 0 saturated carbocycles. The number of ether oxygens (including phenoxy) is 2. The number of carbonyl (C=O) groups is 1. The van der Waals surface area contributed by atoms with E-state index >= 15 is 0 Å². The normalized spacial score (nSPS) is 16.7. The van der Waals surface area contributed by atoms with E-state index in [1.54, 1.807) is 29.8 Å². The average molecular weight is 483 g/mol. The molecule has 4 heterocycles. The van der Waals surface area contributed by atoms with Crippen molar-refractivity contribution in [2.75, 3.05) is 33.4 Å². The smallest absolute Gasteiger partial charge is 0.410 e. The monoisotopic (exact) mass is 482 g/mol. The fourth-order valence-corrected chi connectivity index (χ4v) is 6.22. The van der Waals surface area contributed by atoms with Crippen molar-refractivity contribution in [1.29, 1.82) is 0 Å². The molecule has 2 aliphatic rings. The van der Waals surface area contributed by atoms with E-state index in [1.165, 1.54) is 16.9 Å². The minimum absolute atomic E-state index is 0.0166. The van der Waals surface area contributed by atoms with Gasteiger partial charge in [0.25, 0.3) is 5.56 Å². The molecule has 2 aromatic heterocycles. The summed E-state index contributed by atoms with van der Waals surface area (Å²) in [4.78, 5) is 35.8. The summed E-state index contributed by atoms with van der Waals surface area (Å²) in [6.45, 7) is 6.43. The molecule has 1 fully saturated rings. The number of fused-ring (bicyclic) bond motifs is 3. The number of likely N-dealkylation sites (tertiary alicyclic amines) is 1. The van der Waals surface area contributed by atoms with Gasteiger partial charge in [-0.3, -0.25) is 14.3 Å². The first kappa shape index (κ1) is 22.9. The molecule has 34 heavy (non-hydrogen) atoms. The number of rotatable bonds is 6. The fraction of sp³-hybridized carbons (Fsp3) is 0.480. The molecule has 1 aromatic carbocycles. The summed E-state index contributed by atoms with van der Waals surface area (Å²) in [5, 5.41) is 0.657. The molecule has 0 radical (unpaired) electrons. The quantitative estimate of drug-likeness (QED) is 0.532. The molecule has 8 nitrogen and oxygen atoms in total. The van der Waals surface area contributed by atoms with Crippen LogP contribution in [0, 0.1) is 0 Å². The Labute approximate surface area is 202 Å². The molecule has 0 N–H and O–H groups in total. The van der Waals surface area contributed by atoms with E-state index in [0.717, 1.165) is 53.5 Å². The molecule has 9 heteroatoms. The Morgan fingerprint density at radius 1 is 1.18 bits per heavy atom. The summed E-state index contributed by atoms with van der Waals surface area (Å²) >= 11 is 1.50. The van der Waals surface area contributed by atoms with Crippen molar-refractivity contribution in [3.8, 4) is 5.75 Å². The SMILES string of the molecule is CCOC(=O)N1Cc2sc3ncn(CCN4CCC(c5ccccc5OC)CC4)c(=O)c3c2C1. The Balaban J connectivity index is 1.24. The second-order valence-corrected chi connectivity index (χ2v) is 9.92. The highest BCUT2D eigenvalue weighted by Gasteiger charge is 2.30. The third-order valence-corrected chi connectivity index (χ3v) is 8.02. The summed E-state index contributed by atoms with van der Waals surface area (Å²) in [6.07, 6.45) is 3.49. The minimum Gasteiger partial charge on any atom is -0.496 e. The summed E-state index contributed by atoms with van der Waals surface area (Å²) in [5.41, 5.74) is 2.20. The van der Waals surface area contributed by atoms with Crippen LogP contribution in [0.15, 0.2) is 35.4 Å². The van der Waals surface area contributed by atoms with Gasteiger partial charge in [-0.1, -0.05) is 18.2 Å². The first-order chi connectivity index (χ1) is 16.6. The lowest BCUT2D eigenvalue weighted by atomic mass is 9.89. The van der Waals surface area contributed by atoms with Crippen molar-refractivity contribution >= 4 is 27.6 Å². The topological polar surface area (TPSA) is 76.9 Å². The van der Waals surface area contributed by atoms with Crippen LogP contribution in [0.1, 0.15) is 41.7 Å². The van der Waals surface area contributed by atoms with Gasteiger partial charge in [-0.2, -0.15) is 0 Å². The van der Waals surface area contributed by atoms with Crippen molar-refractivity contribution in [2.45, 2.75) is 45.3 Å². The second-order valence-electron chi connectivity index (χ2n) is 8.84.